The third-order valence-corrected chi connectivity index (χ3v) is 6.25. The molecule has 1 atom stereocenters. The van der Waals surface area contributed by atoms with Crippen molar-refractivity contribution >= 4 is 16.0 Å². The van der Waals surface area contributed by atoms with Crippen LogP contribution < -0.4 is 10.5 Å². The molecule has 1 aliphatic carbocycles. The second kappa shape index (κ2) is 6.50. The van der Waals surface area contributed by atoms with Gasteiger partial charge in [-0.25, -0.2) is 0 Å². The first-order chi connectivity index (χ1) is 9.89. The molecule has 122 valence electrons. The average Bonchev–Trinajstić information content (AvgIpc) is 2.47. The van der Waals surface area contributed by atoms with Crippen LogP contribution >= 0.6 is 0 Å². The van der Waals surface area contributed by atoms with Gasteiger partial charge in [-0.1, -0.05) is 31.3 Å². The van der Waals surface area contributed by atoms with E-state index < -0.39 is 15.7 Å². The van der Waals surface area contributed by atoms with Crippen LogP contribution in [0.4, 0.5) is 0 Å². The Balaban J connectivity index is 2.19. The maximum atomic E-state index is 12.6. The molecule has 0 bridgehead atoms. The minimum absolute atomic E-state index is 0.0316. The molecule has 0 aromatic rings. The van der Waals surface area contributed by atoms with Crippen LogP contribution in [0.1, 0.15) is 51.9 Å². The van der Waals surface area contributed by atoms with E-state index in [1.807, 2.05) is 0 Å². The molecule has 21 heavy (non-hydrogen) atoms. The Kier molecular flexibility index (Phi) is 5.11. The molecule has 0 spiro atoms. The largest absolute Gasteiger partial charge is 0.409 e. The smallest absolute Gasteiger partial charge is 0.280 e. The minimum atomic E-state index is -3.62. The van der Waals surface area contributed by atoms with E-state index >= 15 is 0 Å². The summed E-state index contributed by atoms with van der Waals surface area (Å²) in [7, 11) is -3.62. The van der Waals surface area contributed by atoms with Gasteiger partial charge in [-0.2, -0.15) is 17.4 Å². The molecular weight excluding hydrogens is 292 g/mol. The van der Waals surface area contributed by atoms with E-state index in [1.165, 1.54) is 4.31 Å². The number of amidine groups is 1. The van der Waals surface area contributed by atoms with Crippen molar-refractivity contribution in [3.05, 3.63) is 0 Å². The molecule has 0 radical (unpaired) electrons. The Morgan fingerprint density at radius 1 is 1.33 bits per heavy atom. The molecule has 1 aliphatic heterocycles. The number of oxime groups is 1. The van der Waals surface area contributed by atoms with Crippen molar-refractivity contribution in [2.75, 3.05) is 13.1 Å². The molecule has 8 heteroatoms. The van der Waals surface area contributed by atoms with E-state index in [-0.39, 0.29) is 5.84 Å². The highest BCUT2D eigenvalue weighted by molar-refractivity contribution is 7.87. The first-order valence-electron chi connectivity index (χ1n) is 7.67. The topological polar surface area (TPSA) is 108 Å². The fourth-order valence-corrected chi connectivity index (χ4v) is 5.09. The maximum absolute atomic E-state index is 12.6. The lowest BCUT2D eigenvalue weighted by Crippen LogP contribution is -2.61. The molecular formula is C13H26N4O3S. The first-order valence-corrected chi connectivity index (χ1v) is 9.11. The zero-order chi connectivity index (χ0) is 15.5. The number of hydrogen-bond acceptors (Lipinski definition) is 4. The number of rotatable bonds is 4. The van der Waals surface area contributed by atoms with Gasteiger partial charge >= 0.3 is 0 Å². The van der Waals surface area contributed by atoms with E-state index in [0.717, 1.165) is 32.1 Å². The molecule has 1 unspecified atom stereocenters. The van der Waals surface area contributed by atoms with Gasteiger partial charge in [0.25, 0.3) is 10.2 Å². The summed E-state index contributed by atoms with van der Waals surface area (Å²) >= 11 is 0. The Bertz CT molecular complexity index is 486. The van der Waals surface area contributed by atoms with Gasteiger partial charge in [-0.15, -0.1) is 0 Å². The predicted molar refractivity (Wildman–Crippen MR) is 81.3 cm³/mol. The van der Waals surface area contributed by atoms with E-state index in [1.54, 1.807) is 0 Å². The van der Waals surface area contributed by atoms with Crippen LogP contribution in [0.25, 0.3) is 0 Å². The van der Waals surface area contributed by atoms with Crippen molar-refractivity contribution in [3.8, 4) is 0 Å². The standard InChI is InChI=1S/C13H26N4O3S/c1-11-6-5-9-17(10-11)21(19,20)16-13(12(14)15-18)7-3-2-4-8-13/h11,16,18H,2-10H2,1H3,(H2,14,15). The van der Waals surface area contributed by atoms with Gasteiger partial charge in [0.05, 0.1) is 5.54 Å². The summed E-state index contributed by atoms with van der Waals surface area (Å²) in [5, 5.41) is 12.1. The summed E-state index contributed by atoms with van der Waals surface area (Å²) in [4.78, 5) is 0. The third kappa shape index (κ3) is 3.67. The molecule has 7 nitrogen and oxygen atoms in total. The highest BCUT2D eigenvalue weighted by Crippen LogP contribution is 2.30. The van der Waals surface area contributed by atoms with Crippen LogP contribution in [0, 0.1) is 5.92 Å². The minimum Gasteiger partial charge on any atom is -0.409 e. The van der Waals surface area contributed by atoms with E-state index in [9.17, 15) is 8.42 Å². The maximum Gasteiger partial charge on any atom is 0.280 e. The second-order valence-electron chi connectivity index (χ2n) is 6.34. The van der Waals surface area contributed by atoms with E-state index in [0.29, 0.717) is 31.8 Å². The van der Waals surface area contributed by atoms with Gasteiger partial charge in [0.15, 0.2) is 5.84 Å². The lowest BCUT2D eigenvalue weighted by molar-refractivity contribution is 0.264. The van der Waals surface area contributed by atoms with E-state index in [4.69, 9.17) is 10.9 Å². The summed E-state index contributed by atoms with van der Waals surface area (Å²) in [5.41, 5.74) is 4.86. The fraction of sp³-hybridized carbons (Fsp3) is 0.923. The zero-order valence-electron chi connectivity index (χ0n) is 12.6. The van der Waals surface area contributed by atoms with Crippen LogP contribution in [0.2, 0.25) is 0 Å². The SMILES string of the molecule is CC1CCCN(S(=O)(=O)NC2(/C(N)=N/O)CCCCC2)C1. The van der Waals surface area contributed by atoms with Gasteiger partial charge in [-0.05, 0) is 31.6 Å². The van der Waals surface area contributed by atoms with Crippen LogP contribution in [0.5, 0.6) is 0 Å². The van der Waals surface area contributed by atoms with Crippen molar-refractivity contribution in [1.29, 1.82) is 0 Å². The quantitative estimate of drug-likeness (QED) is 0.311. The molecule has 1 saturated heterocycles. The Morgan fingerprint density at radius 3 is 2.57 bits per heavy atom. The lowest BCUT2D eigenvalue weighted by Gasteiger charge is -2.39. The van der Waals surface area contributed by atoms with Gasteiger partial charge in [0.2, 0.25) is 0 Å². The van der Waals surface area contributed by atoms with Crippen LogP contribution in [-0.4, -0.2) is 42.4 Å². The van der Waals surface area contributed by atoms with Crippen LogP contribution in [-0.2, 0) is 10.2 Å². The zero-order valence-corrected chi connectivity index (χ0v) is 13.4. The number of nitrogens with two attached hydrogens (primary N) is 1. The Hall–Kier alpha value is -0.860. The number of nitrogens with zero attached hydrogens (tertiary/aromatic N) is 2. The number of nitrogens with one attached hydrogen (secondary N) is 1. The molecule has 1 heterocycles. The van der Waals surface area contributed by atoms with Crippen molar-refractivity contribution < 1.29 is 13.6 Å². The Morgan fingerprint density at radius 2 is 2.00 bits per heavy atom. The summed E-state index contributed by atoms with van der Waals surface area (Å²) in [6.07, 6.45) is 5.86. The van der Waals surface area contributed by atoms with Crippen LogP contribution in [0.3, 0.4) is 0 Å². The number of piperidine rings is 1. The Labute approximate surface area is 126 Å². The molecule has 2 aliphatic rings. The third-order valence-electron chi connectivity index (χ3n) is 4.59. The molecule has 2 fully saturated rings. The monoisotopic (exact) mass is 318 g/mol. The molecule has 0 aromatic carbocycles. The highest BCUT2D eigenvalue weighted by Gasteiger charge is 2.42. The van der Waals surface area contributed by atoms with Crippen molar-refractivity contribution in [2.24, 2.45) is 16.8 Å². The summed E-state index contributed by atoms with van der Waals surface area (Å²) < 4.78 is 29.5. The normalized spacial score (nSPS) is 28.4. The molecule has 1 saturated carbocycles. The highest BCUT2D eigenvalue weighted by atomic mass is 32.2. The van der Waals surface area contributed by atoms with E-state index in [2.05, 4.69) is 16.8 Å². The van der Waals surface area contributed by atoms with Crippen molar-refractivity contribution in [1.82, 2.24) is 9.03 Å². The molecule has 0 aromatic heterocycles. The lowest BCUT2D eigenvalue weighted by atomic mass is 9.82. The van der Waals surface area contributed by atoms with Crippen molar-refractivity contribution in [3.63, 3.8) is 0 Å². The predicted octanol–water partition coefficient (Wildman–Crippen LogP) is 1.00. The molecule has 0 amide bonds. The number of hydrogen-bond donors (Lipinski definition) is 3. The second-order valence-corrected chi connectivity index (χ2v) is 8.01. The molecule has 4 N–H and O–H groups in total. The average molecular weight is 318 g/mol. The first kappa shape index (κ1) is 16.5. The summed E-state index contributed by atoms with van der Waals surface area (Å²) in [6.45, 7) is 3.12. The van der Waals surface area contributed by atoms with Gasteiger partial charge < -0.3 is 10.9 Å². The van der Waals surface area contributed by atoms with Gasteiger partial charge in [0.1, 0.15) is 0 Å². The summed E-state index contributed by atoms with van der Waals surface area (Å²) in [6, 6.07) is 0. The van der Waals surface area contributed by atoms with Gasteiger partial charge in [-0.3, -0.25) is 0 Å². The molecule has 2 rings (SSSR count). The van der Waals surface area contributed by atoms with Crippen LogP contribution in [0.15, 0.2) is 5.16 Å². The summed E-state index contributed by atoms with van der Waals surface area (Å²) in [5.74, 6) is 0.331. The fourth-order valence-electron chi connectivity index (χ4n) is 3.34. The van der Waals surface area contributed by atoms with Crippen molar-refractivity contribution in [2.45, 2.75) is 57.4 Å². The van der Waals surface area contributed by atoms with Gasteiger partial charge in [0, 0.05) is 13.1 Å².